The number of hydrogen-bond acceptors (Lipinski definition) is 2. The average Bonchev–Trinajstić information content (AvgIpc) is 3.22. The number of benzene rings is 2. The van der Waals surface area contributed by atoms with Crippen LogP contribution in [0, 0.1) is 5.82 Å². The van der Waals surface area contributed by atoms with Gasteiger partial charge in [-0.05, 0) is 66.8 Å². The van der Waals surface area contributed by atoms with Crippen LogP contribution in [-0.2, 0) is 11.2 Å². The van der Waals surface area contributed by atoms with Crippen LogP contribution in [0.4, 0.5) is 4.39 Å². The minimum Gasteiger partial charge on any atom is -0.490 e. The van der Waals surface area contributed by atoms with Gasteiger partial charge in [0.25, 0.3) is 0 Å². The SMILES string of the molecule is CC(=O)NC(C)Cc1cc(F)cc2ccc(OC3CC3)cc12. The quantitative estimate of drug-likeness (QED) is 0.916. The van der Waals surface area contributed by atoms with Gasteiger partial charge in [0, 0.05) is 13.0 Å². The zero-order valence-electron chi connectivity index (χ0n) is 12.9. The van der Waals surface area contributed by atoms with Crippen molar-refractivity contribution in [2.75, 3.05) is 0 Å². The lowest BCUT2D eigenvalue weighted by atomic mass is 9.98. The maximum atomic E-state index is 13.8. The van der Waals surface area contributed by atoms with Gasteiger partial charge in [-0.25, -0.2) is 4.39 Å². The van der Waals surface area contributed by atoms with Crippen LogP contribution in [0.5, 0.6) is 5.75 Å². The van der Waals surface area contributed by atoms with Crippen LogP contribution in [0.3, 0.4) is 0 Å². The molecule has 1 unspecified atom stereocenters. The Balaban J connectivity index is 1.92. The number of hydrogen-bond donors (Lipinski definition) is 1. The van der Waals surface area contributed by atoms with E-state index in [-0.39, 0.29) is 17.8 Å². The Morgan fingerprint density at radius 2 is 2.14 bits per heavy atom. The second-order valence-electron chi connectivity index (χ2n) is 6.07. The Kier molecular flexibility index (Phi) is 4.01. The topological polar surface area (TPSA) is 38.3 Å². The second kappa shape index (κ2) is 5.95. The molecule has 3 rings (SSSR count). The molecule has 0 aliphatic heterocycles. The molecule has 1 aliphatic rings. The number of nitrogens with one attached hydrogen (secondary N) is 1. The number of ether oxygens (including phenoxy) is 1. The van der Waals surface area contributed by atoms with E-state index in [0.29, 0.717) is 12.5 Å². The molecule has 1 N–H and O–H groups in total. The highest BCUT2D eigenvalue weighted by Gasteiger charge is 2.23. The smallest absolute Gasteiger partial charge is 0.217 e. The number of halogens is 1. The summed E-state index contributed by atoms with van der Waals surface area (Å²) in [5.74, 6) is 0.495. The highest BCUT2D eigenvalue weighted by atomic mass is 19.1. The summed E-state index contributed by atoms with van der Waals surface area (Å²) in [5.41, 5.74) is 0.887. The van der Waals surface area contributed by atoms with Crippen LogP contribution in [0.15, 0.2) is 30.3 Å². The molecule has 1 saturated carbocycles. The summed E-state index contributed by atoms with van der Waals surface area (Å²) in [4.78, 5) is 11.2. The molecule has 3 nitrogen and oxygen atoms in total. The Morgan fingerprint density at radius 1 is 1.36 bits per heavy atom. The Hall–Kier alpha value is -2.10. The first-order valence-electron chi connectivity index (χ1n) is 7.67. The van der Waals surface area contributed by atoms with Crippen molar-refractivity contribution < 1.29 is 13.9 Å². The number of rotatable bonds is 5. The minimum atomic E-state index is -0.256. The van der Waals surface area contributed by atoms with Gasteiger partial charge in [0.1, 0.15) is 11.6 Å². The second-order valence-corrected chi connectivity index (χ2v) is 6.07. The lowest BCUT2D eigenvalue weighted by Crippen LogP contribution is -2.32. The van der Waals surface area contributed by atoms with Gasteiger partial charge in [-0.2, -0.15) is 0 Å². The van der Waals surface area contributed by atoms with Crippen molar-refractivity contribution in [3.8, 4) is 5.75 Å². The summed E-state index contributed by atoms with van der Waals surface area (Å²) >= 11 is 0. The van der Waals surface area contributed by atoms with Crippen LogP contribution in [-0.4, -0.2) is 18.1 Å². The normalized spacial score (nSPS) is 15.6. The molecular formula is C18H20FNO2. The molecule has 0 spiro atoms. The molecular weight excluding hydrogens is 281 g/mol. The first-order chi connectivity index (χ1) is 10.5. The number of carbonyl (C=O) groups is 1. The van der Waals surface area contributed by atoms with Crippen LogP contribution in [0.2, 0.25) is 0 Å². The fourth-order valence-electron chi connectivity index (χ4n) is 2.72. The van der Waals surface area contributed by atoms with E-state index in [1.807, 2.05) is 25.1 Å². The first kappa shape index (κ1) is 14.8. The van der Waals surface area contributed by atoms with E-state index in [0.717, 1.165) is 34.9 Å². The molecule has 1 fully saturated rings. The van der Waals surface area contributed by atoms with E-state index in [2.05, 4.69) is 5.32 Å². The van der Waals surface area contributed by atoms with Gasteiger partial charge in [-0.15, -0.1) is 0 Å². The summed E-state index contributed by atoms with van der Waals surface area (Å²) in [6, 6.07) is 8.78. The van der Waals surface area contributed by atoms with Crippen molar-refractivity contribution in [3.05, 3.63) is 41.7 Å². The zero-order valence-corrected chi connectivity index (χ0v) is 12.9. The molecule has 0 radical (unpaired) electrons. The zero-order chi connectivity index (χ0) is 15.7. The van der Waals surface area contributed by atoms with Crippen molar-refractivity contribution in [2.45, 2.75) is 45.3 Å². The summed E-state index contributed by atoms with van der Waals surface area (Å²) in [5, 5.41) is 4.68. The molecule has 1 amide bonds. The number of amides is 1. The molecule has 0 saturated heterocycles. The van der Waals surface area contributed by atoms with Gasteiger partial charge >= 0.3 is 0 Å². The van der Waals surface area contributed by atoms with Crippen LogP contribution in [0.25, 0.3) is 10.8 Å². The summed E-state index contributed by atoms with van der Waals surface area (Å²) < 4.78 is 19.6. The average molecular weight is 301 g/mol. The number of fused-ring (bicyclic) bond motifs is 1. The minimum absolute atomic E-state index is 0.0458. The lowest BCUT2D eigenvalue weighted by molar-refractivity contribution is -0.119. The first-order valence-corrected chi connectivity index (χ1v) is 7.67. The third-order valence-electron chi connectivity index (χ3n) is 3.78. The van der Waals surface area contributed by atoms with E-state index in [1.54, 1.807) is 6.07 Å². The van der Waals surface area contributed by atoms with Crippen LogP contribution >= 0.6 is 0 Å². The van der Waals surface area contributed by atoms with Gasteiger partial charge in [0.2, 0.25) is 5.91 Å². The predicted octanol–water partition coefficient (Wildman–Crippen LogP) is 3.59. The molecule has 0 heterocycles. The van der Waals surface area contributed by atoms with E-state index in [9.17, 15) is 9.18 Å². The third kappa shape index (κ3) is 3.56. The van der Waals surface area contributed by atoms with Crippen molar-refractivity contribution >= 4 is 16.7 Å². The molecule has 22 heavy (non-hydrogen) atoms. The molecule has 2 aromatic rings. The van der Waals surface area contributed by atoms with Gasteiger partial charge < -0.3 is 10.1 Å². The lowest BCUT2D eigenvalue weighted by Gasteiger charge is -2.15. The molecule has 0 bridgehead atoms. The fourth-order valence-corrected chi connectivity index (χ4v) is 2.72. The van der Waals surface area contributed by atoms with Crippen molar-refractivity contribution in [3.63, 3.8) is 0 Å². The molecule has 116 valence electrons. The summed E-state index contributed by atoms with van der Waals surface area (Å²) in [6.07, 6.45) is 3.13. The Labute approximate surface area is 129 Å². The van der Waals surface area contributed by atoms with Crippen molar-refractivity contribution in [2.24, 2.45) is 0 Å². The van der Waals surface area contributed by atoms with Gasteiger partial charge in [-0.1, -0.05) is 6.07 Å². The maximum absolute atomic E-state index is 13.8. The van der Waals surface area contributed by atoms with E-state index in [4.69, 9.17) is 4.74 Å². The molecule has 1 atom stereocenters. The number of carbonyl (C=O) groups excluding carboxylic acids is 1. The van der Waals surface area contributed by atoms with Gasteiger partial charge in [0.15, 0.2) is 0 Å². The van der Waals surface area contributed by atoms with Crippen LogP contribution in [0.1, 0.15) is 32.3 Å². The molecule has 1 aliphatic carbocycles. The van der Waals surface area contributed by atoms with E-state index >= 15 is 0 Å². The highest BCUT2D eigenvalue weighted by Crippen LogP contribution is 2.31. The maximum Gasteiger partial charge on any atom is 0.217 e. The Bertz CT molecular complexity index is 710. The van der Waals surface area contributed by atoms with Crippen LogP contribution < -0.4 is 10.1 Å². The third-order valence-corrected chi connectivity index (χ3v) is 3.78. The van der Waals surface area contributed by atoms with E-state index in [1.165, 1.54) is 13.0 Å². The standard InChI is InChI=1S/C18H20FNO2/c1-11(20-12(2)21)7-14-9-15(19)8-13-3-4-17(10-18(13)14)22-16-5-6-16/h3-4,8-11,16H,5-7H2,1-2H3,(H,20,21). The predicted molar refractivity (Wildman–Crippen MR) is 84.5 cm³/mol. The monoisotopic (exact) mass is 301 g/mol. The highest BCUT2D eigenvalue weighted by molar-refractivity contribution is 5.87. The summed E-state index contributed by atoms with van der Waals surface area (Å²) in [6.45, 7) is 3.41. The van der Waals surface area contributed by atoms with Gasteiger partial charge in [-0.3, -0.25) is 4.79 Å². The van der Waals surface area contributed by atoms with E-state index < -0.39 is 0 Å². The largest absolute Gasteiger partial charge is 0.490 e. The van der Waals surface area contributed by atoms with Gasteiger partial charge in [0.05, 0.1) is 6.10 Å². The summed E-state index contributed by atoms with van der Waals surface area (Å²) in [7, 11) is 0. The fraction of sp³-hybridized carbons (Fsp3) is 0.389. The van der Waals surface area contributed by atoms with Crippen molar-refractivity contribution in [1.82, 2.24) is 5.32 Å². The van der Waals surface area contributed by atoms with Crippen molar-refractivity contribution in [1.29, 1.82) is 0 Å². The molecule has 4 heteroatoms. The molecule has 2 aromatic carbocycles. The Morgan fingerprint density at radius 3 is 2.82 bits per heavy atom. The molecule has 0 aromatic heterocycles.